The lowest BCUT2D eigenvalue weighted by molar-refractivity contribution is 0.103. The van der Waals surface area contributed by atoms with Crippen LogP contribution in [0.4, 0.5) is 0 Å². The summed E-state index contributed by atoms with van der Waals surface area (Å²) in [5.74, 6) is 0.785. The maximum atomic E-state index is 12.0. The Morgan fingerprint density at radius 2 is 1.20 bits per heavy atom. The second-order valence-corrected chi connectivity index (χ2v) is 3.42. The zero-order chi connectivity index (χ0) is 15.4. The molecule has 108 valence electrons. The zero-order valence-corrected chi connectivity index (χ0v) is 13.0. The number of hydrogen-bond acceptors (Lipinski definition) is 2. The Kier molecular flexibility index (Phi) is 9.67. The highest BCUT2D eigenvalue weighted by atomic mass is 16.5. The highest BCUT2D eigenvalue weighted by Crippen LogP contribution is 2.14. The molecule has 0 aliphatic rings. The van der Waals surface area contributed by atoms with E-state index in [2.05, 4.69) is 0 Å². The maximum absolute atomic E-state index is 12.0. The summed E-state index contributed by atoms with van der Waals surface area (Å²) >= 11 is 0. The van der Waals surface area contributed by atoms with Gasteiger partial charge < -0.3 is 4.74 Å². The van der Waals surface area contributed by atoms with Crippen LogP contribution in [0.25, 0.3) is 0 Å². The predicted molar refractivity (Wildman–Crippen MR) is 85.6 cm³/mol. The third-order valence-electron chi connectivity index (χ3n) is 2.39. The quantitative estimate of drug-likeness (QED) is 0.737. The van der Waals surface area contributed by atoms with E-state index in [0.29, 0.717) is 11.1 Å². The highest BCUT2D eigenvalue weighted by molar-refractivity contribution is 6.08. The molecule has 0 radical (unpaired) electrons. The van der Waals surface area contributed by atoms with E-state index in [1.54, 1.807) is 31.4 Å². The number of benzene rings is 2. The van der Waals surface area contributed by atoms with Gasteiger partial charge in [-0.15, -0.1) is 0 Å². The first kappa shape index (κ1) is 17.9. The molecule has 0 fully saturated rings. The first-order chi connectivity index (χ1) is 9.81. The summed E-state index contributed by atoms with van der Waals surface area (Å²) < 4.78 is 5.04. The van der Waals surface area contributed by atoms with Gasteiger partial charge in [-0.3, -0.25) is 4.79 Å². The van der Waals surface area contributed by atoms with Crippen LogP contribution in [0.5, 0.6) is 5.75 Å². The topological polar surface area (TPSA) is 26.3 Å². The molecule has 0 unspecified atom stereocenters. The monoisotopic (exact) mass is 272 g/mol. The Morgan fingerprint density at radius 1 is 0.750 bits per heavy atom. The molecule has 2 nitrogen and oxygen atoms in total. The molecule has 0 saturated heterocycles. The molecule has 0 atom stereocenters. The predicted octanol–water partition coefficient (Wildman–Crippen LogP) is 4.98. The molecule has 0 aliphatic heterocycles. The Balaban J connectivity index is 0.000000829. The molecular formula is C18H24O2. The van der Waals surface area contributed by atoms with Gasteiger partial charge in [0.15, 0.2) is 5.78 Å². The van der Waals surface area contributed by atoms with Crippen LogP contribution in [0, 0.1) is 0 Å². The third-order valence-corrected chi connectivity index (χ3v) is 2.39. The van der Waals surface area contributed by atoms with E-state index in [4.69, 9.17) is 4.74 Å². The number of carbonyl (C=O) groups is 1. The molecular weight excluding hydrogens is 248 g/mol. The number of rotatable bonds is 3. The van der Waals surface area contributed by atoms with Gasteiger partial charge in [-0.05, 0) is 24.3 Å². The van der Waals surface area contributed by atoms with Gasteiger partial charge in [0.05, 0.1) is 7.11 Å². The van der Waals surface area contributed by atoms with Gasteiger partial charge in [0.1, 0.15) is 5.75 Å². The maximum Gasteiger partial charge on any atom is 0.193 e. The van der Waals surface area contributed by atoms with Crippen LogP contribution in [-0.2, 0) is 0 Å². The van der Waals surface area contributed by atoms with Crippen LogP contribution in [0.15, 0.2) is 54.6 Å². The van der Waals surface area contributed by atoms with Gasteiger partial charge in [0, 0.05) is 11.1 Å². The lowest BCUT2D eigenvalue weighted by atomic mass is 10.0. The lowest BCUT2D eigenvalue weighted by Gasteiger charge is -2.02. The summed E-state index contributed by atoms with van der Waals surface area (Å²) in [5.41, 5.74) is 1.37. The molecule has 0 bridgehead atoms. The SMILES string of the molecule is CC.CC.COc1ccc(C(=O)c2ccccc2)cc1. The van der Waals surface area contributed by atoms with E-state index in [1.165, 1.54) is 0 Å². The third kappa shape index (κ3) is 5.27. The minimum atomic E-state index is 0.0308. The Labute approximate surface area is 122 Å². The molecule has 2 aromatic carbocycles. The molecule has 0 aromatic heterocycles. The van der Waals surface area contributed by atoms with Crippen molar-refractivity contribution in [1.29, 1.82) is 0 Å². The van der Waals surface area contributed by atoms with Crippen LogP contribution in [0.1, 0.15) is 43.6 Å². The minimum absolute atomic E-state index is 0.0308. The van der Waals surface area contributed by atoms with E-state index < -0.39 is 0 Å². The van der Waals surface area contributed by atoms with Crippen molar-refractivity contribution >= 4 is 5.78 Å². The van der Waals surface area contributed by atoms with Crippen molar-refractivity contribution in [2.75, 3.05) is 7.11 Å². The van der Waals surface area contributed by atoms with Gasteiger partial charge in [-0.1, -0.05) is 58.0 Å². The van der Waals surface area contributed by atoms with Gasteiger partial charge in [-0.2, -0.15) is 0 Å². The van der Waals surface area contributed by atoms with Gasteiger partial charge in [-0.25, -0.2) is 0 Å². The minimum Gasteiger partial charge on any atom is -0.497 e. The summed E-state index contributed by atoms with van der Waals surface area (Å²) in [4.78, 5) is 12.0. The van der Waals surface area contributed by atoms with E-state index in [1.807, 2.05) is 58.0 Å². The fourth-order valence-electron chi connectivity index (χ4n) is 1.50. The van der Waals surface area contributed by atoms with Crippen LogP contribution < -0.4 is 4.74 Å². The molecule has 20 heavy (non-hydrogen) atoms. The Hall–Kier alpha value is -2.09. The summed E-state index contributed by atoms with van der Waals surface area (Å²) in [5, 5.41) is 0. The van der Waals surface area contributed by atoms with E-state index >= 15 is 0 Å². The first-order valence-corrected chi connectivity index (χ1v) is 7.05. The van der Waals surface area contributed by atoms with Crippen LogP contribution >= 0.6 is 0 Å². The summed E-state index contributed by atoms with van der Waals surface area (Å²) in [6.45, 7) is 8.00. The van der Waals surface area contributed by atoms with Crippen LogP contribution in [0.3, 0.4) is 0 Å². The second kappa shape index (κ2) is 10.8. The molecule has 2 aromatic rings. The van der Waals surface area contributed by atoms with Crippen LogP contribution in [0.2, 0.25) is 0 Å². The molecule has 0 aliphatic carbocycles. The number of carbonyl (C=O) groups excluding carboxylic acids is 1. The molecule has 0 amide bonds. The van der Waals surface area contributed by atoms with Crippen molar-refractivity contribution in [2.24, 2.45) is 0 Å². The van der Waals surface area contributed by atoms with Crippen molar-refractivity contribution < 1.29 is 9.53 Å². The number of ether oxygens (including phenoxy) is 1. The molecule has 2 heteroatoms. The molecule has 0 spiro atoms. The normalized spacial score (nSPS) is 8.45. The summed E-state index contributed by atoms with van der Waals surface area (Å²) in [7, 11) is 1.61. The van der Waals surface area contributed by atoms with E-state index in [0.717, 1.165) is 5.75 Å². The standard InChI is InChI=1S/C14H12O2.2C2H6/c1-16-13-9-7-12(8-10-13)14(15)11-5-3-2-4-6-11;2*1-2/h2-10H,1H3;2*1-2H3. The largest absolute Gasteiger partial charge is 0.497 e. The molecule has 0 saturated carbocycles. The van der Waals surface area contributed by atoms with E-state index in [9.17, 15) is 4.79 Å². The second-order valence-electron chi connectivity index (χ2n) is 3.42. The number of ketones is 1. The zero-order valence-electron chi connectivity index (χ0n) is 13.0. The molecule has 0 heterocycles. The fraction of sp³-hybridized carbons (Fsp3) is 0.278. The lowest BCUT2D eigenvalue weighted by Crippen LogP contribution is -2.00. The Morgan fingerprint density at radius 3 is 1.65 bits per heavy atom. The summed E-state index contributed by atoms with van der Waals surface area (Å²) in [6, 6.07) is 16.4. The van der Waals surface area contributed by atoms with Crippen molar-refractivity contribution in [3.63, 3.8) is 0 Å². The van der Waals surface area contributed by atoms with Crippen molar-refractivity contribution in [3.8, 4) is 5.75 Å². The van der Waals surface area contributed by atoms with Gasteiger partial charge >= 0.3 is 0 Å². The van der Waals surface area contributed by atoms with Crippen molar-refractivity contribution in [3.05, 3.63) is 65.7 Å². The average molecular weight is 272 g/mol. The molecule has 0 N–H and O–H groups in total. The number of hydrogen-bond donors (Lipinski definition) is 0. The van der Waals surface area contributed by atoms with Gasteiger partial charge in [0.25, 0.3) is 0 Å². The summed E-state index contributed by atoms with van der Waals surface area (Å²) in [6.07, 6.45) is 0. The average Bonchev–Trinajstić information content (AvgIpc) is 2.59. The smallest absolute Gasteiger partial charge is 0.193 e. The molecule has 2 rings (SSSR count). The van der Waals surface area contributed by atoms with Crippen molar-refractivity contribution in [1.82, 2.24) is 0 Å². The Bertz CT molecular complexity index is 473. The fourth-order valence-corrected chi connectivity index (χ4v) is 1.50. The van der Waals surface area contributed by atoms with Crippen LogP contribution in [-0.4, -0.2) is 12.9 Å². The van der Waals surface area contributed by atoms with Gasteiger partial charge in [0.2, 0.25) is 0 Å². The van der Waals surface area contributed by atoms with E-state index in [-0.39, 0.29) is 5.78 Å². The number of methoxy groups -OCH3 is 1. The first-order valence-electron chi connectivity index (χ1n) is 7.05. The van der Waals surface area contributed by atoms with Crippen molar-refractivity contribution in [2.45, 2.75) is 27.7 Å². The highest BCUT2D eigenvalue weighted by Gasteiger charge is 2.07.